The fraction of sp³-hybridized carbons (Fsp3) is 0.333. The van der Waals surface area contributed by atoms with Crippen LogP contribution in [-0.2, 0) is 19.1 Å². The minimum absolute atomic E-state index is 0.0858. The molecule has 4 rings (SSSR count). The standard InChI is InChI=1S/C33H32Cl5N3O6/c1-6-46-26(42)16-41(31(45)47-32(3,4)5)22-8-10-25(17(2)11-22)40-29(43)23-15-21(7-9-24(23)36)39-30(44)28-27(33(28,37)38)18-12-19(34)14-20(35)13-18/h7-15,27-28H,6,16H2,1-5H3,(H,39,44)(H,40,43). The number of carbonyl (C=O) groups is 4. The number of ether oxygens (including phenoxy) is 2. The summed E-state index contributed by atoms with van der Waals surface area (Å²) in [5.74, 6) is -2.98. The smallest absolute Gasteiger partial charge is 0.415 e. The number of hydrogen-bond donors (Lipinski definition) is 2. The summed E-state index contributed by atoms with van der Waals surface area (Å²) in [4.78, 5) is 53.0. The van der Waals surface area contributed by atoms with Gasteiger partial charge in [-0.25, -0.2) is 4.79 Å². The van der Waals surface area contributed by atoms with Gasteiger partial charge in [0.25, 0.3) is 5.91 Å². The van der Waals surface area contributed by atoms with Gasteiger partial charge in [-0.3, -0.25) is 19.3 Å². The van der Waals surface area contributed by atoms with Crippen molar-refractivity contribution in [2.45, 2.75) is 50.5 Å². The third-order valence-electron chi connectivity index (χ3n) is 7.03. The number of alkyl halides is 2. The van der Waals surface area contributed by atoms with Gasteiger partial charge in [-0.15, -0.1) is 23.2 Å². The van der Waals surface area contributed by atoms with Gasteiger partial charge in [0.15, 0.2) is 0 Å². The zero-order chi connectivity index (χ0) is 34.8. The number of halogens is 5. The first kappa shape index (κ1) is 36.6. The molecular weight excluding hydrogens is 712 g/mol. The molecule has 3 aromatic carbocycles. The highest BCUT2D eigenvalue weighted by molar-refractivity contribution is 6.53. The Hall–Kier alpha value is -3.21. The normalized spacial score (nSPS) is 16.6. The molecule has 3 amide bonds. The molecule has 3 aromatic rings. The molecule has 1 saturated carbocycles. The fourth-order valence-electron chi connectivity index (χ4n) is 4.88. The summed E-state index contributed by atoms with van der Waals surface area (Å²) in [5, 5.41) is 6.47. The molecule has 0 radical (unpaired) electrons. The highest BCUT2D eigenvalue weighted by Gasteiger charge is 2.67. The third kappa shape index (κ3) is 9.03. The Morgan fingerprint density at radius 1 is 0.915 bits per heavy atom. The van der Waals surface area contributed by atoms with E-state index in [4.69, 9.17) is 67.5 Å². The lowest BCUT2D eigenvalue weighted by atomic mass is 10.1. The molecule has 0 spiro atoms. The van der Waals surface area contributed by atoms with Gasteiger partial charge in [-0.05, 0) is 100 Å². The van der Waals surface area contributed by atoms with E-state index in [9.17, 15) is 19.2 Å². The number of amides is 3. The Morgan fingerprint density at radius 2 is 1.57 bits per heavy atom. The van der Waals surface area contributed by atoms with Crippen LogP contribution in [0, 0.1) is 12.8 Å². The summed E-state index contributed by atoms with van der Waals surface area (Å²) >= 11 is 31.6. The van der Waals surface area contributed by atoms with Crippen molar-refractivity contribution >= 4 is 98.9 Å². The number of benzene rings is 3. The lowest BCUT2D eigenvalue weighted by molar-refractivity contribution is -0.141. The van der Waals surface area contributed by atoms with Crippen molar-refractivity contribution < 1.29 is 28.7 Å². The van der Waals surface area contributed by atoms with Gasteiger partial charge < -0.3 is 20.1 Å². The van der Waals surface area contributed by atoms with E-state index in [0.29, 0.717) is 38.2 Å². The van der Waals surface area contributed by atoms with E-state index in [1.165, 1.54) is 12.1 Å². The van der Waals surface area contributed by atoms with Crippen LogP contribution < -0.4 is 15.5 Å². The molecule has 0 aliphatic heterocycles. The van der Waals surface area contributed by atoms with Crippen LogP contribution in [0.15, 0.2) is 54.6 Å². The molecule has 0 heterocycles. The van der Waals surface area contributed by atoms with E-state index in [1.54, 1.807) is 77.1 Å². The van der Waals surface area contributed by atoms with Crippen LogP contribution in [0.2, 0.25) is 15.1 Å². The summed E-state index contributed by atoms with van der Waals surface area (Å²) < 4.78 is 9.13. The number of nitrogens with zero attached hydrogens (tertiary/aromatic N) is 1. The van der Waals surface area contributed by atoms with E-state index in [2.05, 4.69) is 10.6 Å². The molecule has 47 heavy (non-hydrogen) atoms. The van der Waals surface area contributed by atoms with Crippen molar-refractivity contribution in [1.29, 1.82) is 0 Å². The first-order valence-electron chi connectivity index (χ1n) is 14.4. The second-order valence-corrected chi connectivity index (χ2v) is 14.6. The van der Waals surface area contributed by atoms with Crippen LogP contribution in [0.1, 0.15) is 55.1 Å². The van der Waals surface area contributed by atoms with Gasteiger partial charge in [-0.1, -0.05) is 34.8 Å². The number of rotatable bonds is 9. The van der Waals surface area contributed by atoms with Crippen molar-refractivity contribution in [1.82, 2.24) is 0 Å². The summed E-state index contributed by atoms with van der Waals surface area (Å²) in [5.41, 5.74) is 1.56. The monoisotopic (exact) mass is 741 g/mol. The zero-order valence-corrected chi connectivity index (χ0v) is 29.8. The van der Waals surface area contributed by atoms with Gasteiger partial charge in [0.05, 0.1) is 23.1 Å². The minimum atomic E-state index is -1.39. The summed E-state index contributed by atoms with van der Waals surface area (Å²) in [6.07, 6.45) is -0.734. The SMILES string of the molecule is CCOC(=O)CN(C(=O)OC(C)(C)C)c1ccc(NC(=O)c2cc(NC(=O)C3C(c4cc(Cl)cc(Cl)c4)C3(Cl)Cl)ccc2Cl)c(C)c1. The van der Waals surface area contributed by atoms with Crippen molar-refractivity contribution in [3.63, 3.8) is 0 Å². The van der Waals surface area contributed by atoms with Crippen molar-refractivity contribution in [3.05, 3.63) is 86.4 Å². The van der Waals surface area contributed by atoms with Gasteiger partial charge in [0.1, 0.15) is 16.5 Å². The lowest BCUT2D eigenvalue weighted by Crippen LogP contribution is -2.40. The summed E-state index contributed by atoms with van der Waals surface area (Å²) in [6.45, 7) is 8.31. The average molecular weight is 744 g/mol. The average Bonchev–Trinajstić information content (AvgIpc) is 3.54. The van der Waals surface area contributed by atoms with Crippen LogP contribution >= 0.6 is 58.0 Å². The van der Waals surface area contributed by atoms with Crippen LogP contribution in [-0.4, -0.2) is 47.0 Å². The Morgan fingerprint density at radius 3 is 2.17 bits per heavy atom. The molecule has 2 N–H and O–H groups in total. The van der Waals surface area contributed by atoms with Crippen molar-refractivity contribution in [2.24, 2.45) is 5.92 Å². The number of hydrogen-bond acceptors (Lipinski definition) is 6. The van der Waals surface area contributed by atoms with Crippen LogP contribution in [0.4, 0.5) is 21.9 Å². The second-order valence-electron chi connectivity index (χ2n) is 11.8. The number of aryl methyl sites for hydroxylation is 1. The Kier molecular flexibility index (Phi) is 11.3. The van der Waals surface area contributed by atoms with Gasteiger partial charge in [0, 0.05) is 33.0 Å². The van der Waals surface area contributed by atoms with Crippen LogP contribution in [0.25, 0.3) is 0 Å². The molecule has 250 valence electrons. The number of esters is 1. The van der Waals surface area contributed by atoms with E-state index < -0.39 is 45.6 Å². The van der Waals surface area contributed by atoms with Gasteiger partial charge >= 0.3 is 12.1 Å². The quantitative estimate of drug-likeness (QED) is 0.167. The molecule has 14 heteroatoms. The van der Waals surface area contributed by atoms with Crippen LogP contribution in [0.5, 0.6) is 0 Å². The van der Waals surface area contributed by atoms with Crippen molar-refractivity contribution in [2.75, 3.05) is 28.7 Å². The first-order chi connectivity index (χ1) is 21.9. The molecule has 0 saturated heterocycles. The molecule has 0 bridgehead atoms. The number of nitrogens with one attached hydrogen (secondary N) is 2. The highest BCUT2D eigenvalue weighted by atomic mass is 35.5. The molecule has 2 atom stereocenters. The molecule has 0 aromatic heterocycles. The summed E-state index contributed by atoms with van der Waals surface area (Å²) in [7, 11) is 0. The maximum atomic E-state index is 13.4. The highest BCUT2D eigenvalue weighted by Crippen LogP contribution is 2.65. The topological polar surface area (TPSA) is 114 Å². The predicted octanol–water partition coefficient (Wildman–Crippen LogP) is 9.04. The first-order valence-corrected chi connectivity index (χ1v) is 16.3. The van der Waals surface area contributed by atoms with E-state index in [0.717, 1.165) is 4.90 Å². The Bertz CT molecular complexity index is 1700. The van der Waals surface area contributed by atoms with Gasteiger partial charge in [0.2, 0.25) is 5.91 Å². The molecule has 9 nitrogen and oxygen atoms in total. The van der Waals surface area contributed by atoms with E-state index in [-0.39, 0.29) is 23.7 Å². The molecule has 1 fully saturated rings. The molecule has 2 unspecified atom stereocenters. The Labute approximate surface area is 297 Å². The predicted molar refractivity (Wildman–Crippen MR) is 187 cm³/mol. The summed E-state index contributed by atoms with van der Waals surface area (Å²) in [6, 6.07) is 14.1. The maximum Gasteiger partial charge on any atom is 0.415 e. The van der Waals surface area contributed by atoms with E-state index in [1.807, 2.05) is 0 Å². The molecule has 1 aliphatic rings. The maximum absolute atomic E-state index is 13.4. The second kappa shape index (κ2) is 14.5. The number of carbonyl (C=O) groups excluding carboxylic acids is 4. The third-order valence-corrected chi connectivity index (χ3v) is 8.74. The lowest BCUT2D eigenvalue weighted by Gasteiger charge is -2.27. The van der Waals surface area contributed by atoms with Gasteiger partial charge in [-0.2, -0.15) is 0 Å². The van der Waals surface area contributed by atoms with E-state index >= 15 is 0 Å². The molecular formula is C33H32Cl5N3O6. The van der Waals surface area contributed by atoms with Crippen LogP contribution in [0.3, 0.4) is 0 Å². The molecule has 1 aliphatic carbocycles. The Balaban J connectivity index is 1.50. The largest absolute Gasteiger partial charge is 0.465 e. The zero-order valence-electron chi connectivity index (χ0n) is 26.1. The number of anilines is 3. The minimum Gasteiger partial charge on any atom is -0.465 e. The van der Waals surface area contributed by atoms with Crippen molar-refractivity contribution in [3.8, 4) is 0 Å². The fourth-order valence-corrected chi connectivity index (χ4v) is 6.45.